The Hall–Kier alpha value is -2.85. The maximum Gasteiger partial charge on any atom is 0.248 e. The molecule has 3 rings (SSSR count). The minimum absolute atomic E-state index is 0.0449. The van der Waals surface area contributed by atoms with Gasteiger partial charge in [-0.25, -0.2) is 9.07 Å². The molecule has 0 aliphatic carbocycles. The Labute approximate surface area is 179 Å². The van der Waals surface area contributed by atoms with Crippen LogP contribution in [0.4, 0.5) is 4.39 Å². The Morgan fingerprint density at radius 1 is 1.26 bits per heavy atom. The average molecular weight is 433 g/mol. The summed E-state index contributed by atoms with van der Waals surface area (Å²) in [6.45, 7) is 5.61. The molecular weight excluding hydrogens is 405 g/mol. The predicted molar refractivity (Wildman–Crippen MR) is 109 cm³/mol. The fourth-order valence-corrected chi connectivity index (χ4v) is 3.87. The molecule has 0 spiro atoms. The van der Waals surface area contributed by atoms with Crippen LogP contribution < -0.4 is 5.32 Å². The Bertz CT molecular complexity index is 940. The second kappa shape index (κ2) is 8.72. The van der Waals surface area contributed by atoms with E-state index in [-0.39, 0.29) is 30.5 Å². The standard InChI is InChI=1S/C21H28FN5O4/c1-21(2,3)18(20(31)26-10-14(28)9-16(26)19(30)23-4)27-11-15(24-25-27)17(29)12-5-7-13(22)8-6-12/h5-8,11,14,16-18,28-29H,9-10H2,1-4H3,(H,23,30)/t14?,16?,17?,18-/m1/s1. The molecule has 31 heavy (non-hydrogen) atoms. The lowest BCUT2D eigenvalue weighted by molar-refractivity contribution is -0.144. The van der Waals surface area contributed by atoms with Crippen LogP contribution in [0, 0.1) is 11.2 Å². The molecule has 1 aromatic heterocycles. The highest BCUT2D eigenvalue weighted by atomic mass is 19.1. The quantitative estimate of drug-likeness (QED) is 0.641. The van der Waals surface area contributed by atoms with E-state index < -0.39 is 35.5 Å². The van der Waals surface area contributed by atoms with Gasteiger partial charge < -0.3 is 20.4 Å². The van der Waals surface area contributed by atoms with Crippen molar-refractivity contribution in [3.63, 3.8) is 0 Å². The fourth-order valence-electron chi connectivity index (χ4n) is 3.87. The molecule has 2 amide bonds. The molecule has 1 aromatic carbocycles. The largest absolute Gasteiger partial charge is 0.391 e. The third-order valence-electron chi connectivity index (χ3n) is 5.42. The van der Waals surface area contributed by atoms with E-state index in [1.165, 1.54) is 47.1 Å². The van der Waals surface area contributed by atoms with E-state index in [4.69, 9.17) is 0 Å². The van der Waals surface area contributed by atoms with Crippen molar-refractivity contribution in [3.8, 4) is 0 Å². The minimum atomic E-state index is -1.14. The molecule has 1 fully saturated rings. The highest BCUT2D eigenvalue weighted by Gasteiger charge is 2.45. The number of nitrogens with zero attached hydrogens (tertiary/aromatic N) is 4. The van der Waals surface area contributed by atoms with E-state index in [1.807, 2.05) is 20.8 Å². The molecule has 10 heteroatoms. The third kappa shape index (κ3) is 4.75. The first-order valence-electron chi connectivity index (χ1n) is 10.1. The van der Waals surface area contributed by atoms with Gasteiger partial charge in [0, 0.05) is 20.0 Å². The van der Waals surface area contributed by atoms with Gasteiger partial charge in [-0.05, 0) is 23.1 Å². The number of carbonyl (C=O) groups excluding carboxylic acids is 2. The Morgan fingerprint density at radius 3 is 2.48 bits per heavy atom. The molecule has 0 bridgehead atoms. The van der Waals surface area contributed by atoms with E-state index in [0.29, 0.717) is 5.56 Å². The number of aliphatic hydroxyl groups excluding tert-OH is 2. The highest BCUT2D eigenvalue weighted by Crippen LogP contribution is 2.35. The lowest BCUT2D eigenvalue weighted by Crippen LogP contribution is -2.49. The van der Waals surface area contributed by atoms with Gasteiger partial charge in [0.15, 0.2) is 0 Å². The van der Waals surface area contributed by atoms with E-state index >= 15 is 0 Å². The number of likely N-dealkylation sites (tertiary alicyclic amines) is 1. The van der Waals surface area contributed by atoms with Crippen molar-refractivity contribution in [2.45, 2.75) is 51.5 Å². The monoisotopic (exact) mass is 433 g/mol. The summed E-state index contributed by atoms with van der Waals surface area (Å²) in [7, 11) is 1.48. The van der Waals surface area contributed by atoms with Crippen molar-refractivity contribution in [2.75, 3.05) is 13.6 Å². The summed E-state index contributed by atoms with van der Waals surface area (Å²) < 4.78 is 14.5. The van der Waals surface area contributed by atoms with Crippen molar-refractivity contribution in [1.29, 1.82) is 0 Å². The van der Waals surface area contributed by atoms with Crippen LogP contribution in [0.5, 0.6) is 0 Å². The number of β-amino-alcohol motifs (C(OH)–C–C–N with tert-alkyl or cyclic N) is 1. The third-order valence-corrected chi connectivity index (χ3v) is 5.42. The van der Waals surface area contributed by atoms with Crippen molar-refractivity contribution >= 4 is 11.8 Å². The van der Waals surface area contributed by atoms with Gasteiger partial charge in [-0.1, -0.05) is 38.1 Å². The fraction of sp³-hybridized carbons (Fsp3) is 0.524. The number of hydrogen-bond acceptors (Lipinski definition) is 6. The molecule has 1 aliphatic heterocycles. The first-order chi connectivity index (χ1) is 14.5. The summed E-state index contributed by atoms with van der Waals surface area (Å²) in [5, 5.41) is 31.3. The van der Waals surface area contributed by atoms with Crippen molar-refractivity contribution in [1.82, 2.24) is 25.2 Å². The van der Waals surface area contributed by atoms with Crippen LogP contribution in [-0.2, 0) is 9.59 Å². The Kier molecular flexibility index (Phi) is 6.42. The van der Waals surface area contributed by atoms with Crippen LogP contribution in [0.1, 0.15) is 50.6 Å². The van der Waals surface area contributed by atoms with E-state index in [9.17, 15) is 24.2 Å². The summed E-state index contributed by atoms with van der Waals surface area (Å²) >= 11 is 0. The van der Waals surface area contributed by atoms with Gasteiger partial charge in [-0.2, -0.15) is 0 Å². The second-order valence-corrected chi connectivity index (χ2v) is 8.86. The molecule has 1 saturated heterocycles. The van der Waals surface area contributed by atoms with Crippen molar-refractivity contribution in [2.24, 2.45) is 5.41 Å². The van der Waals surface area contributed by atoms with Gasteiger partial charge in [0.05, 0.1) is 12.3 Å². The maximum absolute atomic E-state index is 13.5. The van der Waals surface area contributed by atoms with Crippen molar-refractivity contribution in [3.05, 3.63) is 47.5 Å². The molecule has 0 saturated carbocycles. The summed E-state index contributed by atoms with van der Waals surface area (Å²) in [5.41, 5.74) is 0.0383. The summed E-state index contributed by atoms with van der Waals surface area (Å²) in [6.07, 6.45) is -0.298. The number of amides is 2. The number of rotatable bonds is 5. The lowest BCUT2D eigenvalue weighted by atomic mass is 9.85. The molecule has 4 atom stereocenters. The topological polar surface area (TPSA) is 121 Å². The molecule has 168 valence electrons. The zero-order valence-corrected chi connectivity index (χ0v) is 18.0. The number of likely N-dealkylation sites (N-methyl/N-ethyl adjacent to an activating group) is 1. The molecule has 1 aliphatic rings. The van der Waals surface area contributed by atoms with Gasteiger partial charge >= 0.3 is 0 Å². The molecule has 2 heterocycles. The number of benzene rings is 1. The van der Waals surface area contributed by atoms with Crippen LogP contribution in [0.15, 0.2) is 30.5 Å². The predicted octanol–water partition coefficient (Wildman–Crippen LogP) is 0.794. The van der Waals surface area contributed by atoms with E-state index in [0.717, 1.165) is 0 Å². The molecule has 3 unspecified atom stereocenters. The SMILES string of the molecule is CNC(=O)C1CC(O)CN1C(=O)[C@@H](n1cc(C(O)c2ccc(F)cc2)nn1)C(C)(C)C. The number of carbonyl (C=O) groups is 2. The van der Waals surface area contributed by atoms with Gasteiger partial charge in [0.2, 0.25) is 11.8 Å². The van der Waals surface area contributed by atoms with Crippen LogP contribution >= 0.6 is 0 Å². The molecule has 0 radical (unpaired) electrons. The van der Waals surface area contributed by atoms with Gasteiger partial charge in [-0.3, -0.25) is 9.59 Å². The minimum Gasteiger partial charge on any atom is -0.391 e. The highest BCUT2D eigenvalue weighted by molar-refractivity contribution is 5.90. The average Bonchev–Trinajstić information content (AvgIpc) is 3.33. The van der Waals surface area contributed by atoms with Crippen LogP contribution in [-0.4, -0.2) is 67.7 Å². The van der Waals surface area contributed by atoms with Gasteiger partial charge in [-0.15, -0.1) is 5.10 Å². The normalized spacial score (nSPS) is 21.1. The number of hydrogen-bond donors (Lipinski definition) is 3. The van der Waals surface area contributed by atoms with Crippen molar-refractivity contribution < 1.29 is 24.2 Å². The summed E-state index contributed by atoms with van der Waals surface area (Å²) in [5.74, 6) is -1.13. The first-order valence-corrected chi connectivity index (χ1v) is 10.1. The molecule has 9 nitrogen and oxygen atoms in total. The van der Waals surface area contributed by atoms with Gasteiger partial charge in [0.1, 0.15) is 29.7 Å². The van der Waals surface area contributed by atoms with E-state index in [2.05, 4.69) is 15.6 Å². The first kappa shape index (κ1) is 22.8. The van der Waals surface area contributed by atoms with E-state index in [1.54, 1.807) is 0 Å². The summed E-state index contributed by atoms with van der Waals surface area (Å²) in [6, 6.07) is 3.77. The Balaban J connectivity index is 1.91. The lowest BCUT2D eigenvalue weighted by Gasteiger charge is -2.34. The number of aromatic nitrogens is 3. The van der Waals surface area contributed by atoms with Crippen LogP contribution in [0.25, 0.3) is 0 Å². The zero-order chi connectivity index (χ0) is 22.9. The van der Waals surface area contributed by atoms with Crippen LogP contribution in [0.2, 0.25) is 0 Å². The van der Waals surface area contributed by atoms with Gasteiger partial charge in [0.25, 0.3) is 0 Å². The van der Waals surface area contributed by atoms with Crippen LogP contribution in [0.3, 0.4) is 0 Å². The number of halogens is 1. The second-order valence-electron chi connectivity index (χ2n) is 8.86. The zero-order valence-electron chi connectivity index (χ0n) is 18.0. The molecule has 2 aromatic rings. The molecular formula is C21H28FN5O4. The Morgan fingerprint density at radius 2 is 1.90 bits per heavy atom. The smallest absolute Gasteiger partial charge is 0.248 e. The number of aliphatic hydroxyl groups is 2. The molecule has 3 N–H and O–H groups in total. The maximum atomic E-state index is 13.5. The number of nitrogens with one attached hydrogen (secondary N) is 1. The summed E-state index contributed by atoms with van der Waals surface area (Å²) in [4.78, 5) is 27.1.